The topological polar surface area (TPSA) is 41.5 Å². The molecule has 0 saturated carbocycles. The molecule has 1 aliphatic heterocycles. The van der Waals surface area contributed by atoms with Crippen LogP contribution in [0.15, 0.2) is 29.3 Å². The highest BCUT2D eigenvalue weighted by molar-refractivity contribution is 6.07. The summed E-state index contributed by atoms with van der Waals surface area (Å²) in [4.78, 5) is 15.2. The van der Waals surface area contributed by atoms with Gasteiger partial charge in [0.25, 0.3) is 5.91 Å². The summed E-state index contributed by atoms with van der Waals surface area (Å²) in [7, 11) is 0. The van der Waals surface area contributed by atoms with Gasteiger partial charge < -0.3 is 5.32 Å². The van der Waals surface area contributed by atoms with Gasteiger partial charge in [-0.3, -0.25) is 9.79 Å². The first-order valence-electron chi connectivity index (χ1n) is 4.36. The smallest absolute Gasteiger partial charge is 0.252 e. The largest absolute Gasteiger partial charge is 0.350 e. The second-order valence-electron chi connectivity index (χ2n) is 2.97. The van der Waals surface area contributed by atoms with E-state index in [0.717, 1.165) is 0 Å². The van der Waals surface area contributed by atoms with Crippen LogP contribution in [0.4, 0.5) is 4.39 Å². The molecular formula is C10H9FN2O. The van der Waals surface area contributed by atoms with Crippen LogP contribution in [-0.2, 0) is 0 Å². The molecule has 1 aromatic rings. The SMILES string of the molecule is O=C1NCCN=C(F)c2ccccc21. The second kappa shape index (κ2) is 3.57. The molecule has 0 atom stereocenters. The van der Waals surface area contributed by atoms with Crippen LogP contribution in [0.2, 0.25) is 0 Å². The van der Waals surface area contributed by atoms with Crippen LogP contribution in [0.25, 0.3) is 0 Å². The number of halogens is 1. The molecular weight excluding hydrogens is 183 g/mol. The van der Waals surface area contributed by atoms with Crippen LogP contribution < -0.4 is 5.32 Å². The zero-order chi connectivity index (χ0) is 9.97. The number of carbonyl (C=O) groups excluding carboxylic acids is 1. The molecule has 0 radical (unpaired) electrons. The second-order valence-corrected chi connectivity index (χ2v) is 2.97. The maximum atomic E-state index is 13.4. The van der Waals surface area contributed by atoms with E-state index in [-0.39, 0.29) is 18.0 Å². The summed E-state index contributed by atoms with van der Waals surface area (Å²) in [5.74, 6) is -0.805. The van der Waals surface area contributed by atoms with Crippen molar-refractivity contribution < 1.29 is 9.18 Å². The van der Waals surface area contributed by atoms with Gasteiger partial charge in [-0.25, -0.2) is 0 Å². The van der Waals surface area contributed by atoms with Gasteiger partial charge in [-0.05, 0) is 12.1 Å². The molecule has 1 heterocycles. The Hall–Kier alpha value is -1.71. The molecule has 0 unspecified atom stereocenters. The summed E-state index contributed by atoms with van der Waals surface area (Å²) in [6.07, 6.45) is 0. The Morgan fingerprint density at radius 2 is 2.00 bits per heavy atom. The highest BCUT2D eigenvalue weighted by atomic mass is 19.1. The minimum Gasteiger partial charge on any atom is -0.350 e. The third kappa shape index (κ3) is 1.51. The lowest BCUT2D eigenvalue weighted by Crippen LogP contribution is -2.29. The lowest BCUT2D eigenvalue weighted by atomic mass is 10.1. The first-order valence-corrected chi connectivity index (χ1v) is 4.36. The fourth-order valence-electron chi connectivity index (χ4n) is 1.36. The van der Waals surface area contributed by atoms with E-state index in [2.05, 4.69) is 10.3 Å². The minimum absolute atomic E-state index is 0.245. The summed E-state index contributed by atoms with van der Waals surface area (Å²) < 4.78 is 13.4. The van der Waals surface area contributed by atoms with Crippen molar-refractivity contribution in [3.63, 3.8) is 0 Å². The average molecular weight is 192 g/mol. The molecule has 0 spiro atoms. The standard InChI is InChI=1S/C10H9FN2O/c11-9-7-3-1-2-4-8(7)10(14)13-6-5-12-9/h1-4H,5-6H2,(H,13,14). The van der Waals surface area contributed by atoms with Gasteiger partial charge in [0, 0.05) is 12.1 Å². The van der Waals surface area contributed by atoms with Crippen molar-refractivity contribution in [1.82, 2.24) is 5.32 Å². The van der Waals surface area contributed by atoms with Gasteiger partial charge in [0.05, 0.1) is 12.1 Å². The molecule has 1 N–H and O–H groups in total. The van der Waals surface area contributed by atoms with Crippen molar-refractivity contribution in [2.24, 2.45) is 4.99 Å². The average Bonchev–Trinajstić information content (AvgIpc) is 2.22. The lowest BCUT2D eigenvalue weighted by Gasteiger charge is -2.10. The van der Waals surface area contributed by atoms with E-state index in [9.17, 15) is 9.18 Å². The Kier molecular flexibility index (Phi) is 2.26. The molecule has 4 heteroatoms. The van der Waals surface area contributed by atoms with Crippen LogP contribution in [-0.4, -0.2) is 25.0 Å². The van der Waals surface area contributed by atoms with E-state index in [1.807, 2.05) is 0 Å². The van der Waals surface area contributed by atoms with Gasteiger partial charge in [0.2, 0.25) is 5.97 Å². The number of hydrogen-bond donors (Lipinski definition) is 1. The molecule has 0 aliphatic carbocycles. The van der Waals surface area contributed by atoms with E-state index >= 15 is 0 Å². The van der Waals surface area contributed by atoms with Gasteiger partial charge in [-0.2, -0.15) is 4.39 Å². The summed E-state index contributed by atoms with van der Waals surface area (Å²) in [5, 5.41) is 2.65. The van der Waals surface area contributed by atoms with Crippen LogP contribution >= 0.6 is 0 Å². The fraction of sp³-hybridized carbons (Fsp3) is 0.200. The molecule has 0 bridgehead atoms. The number of aliphatic imine (C=N–C) groups is 1. The Morgan fingerprint density at radius 1 is 1.29 bits per heavy atom. The van der Waals surface area contributed by atoms with Crippen molar-refractivity contribution >= 4 is 11.9 Å². The van der Waals surface area contributed by atoms with Crippen LogP contribution in [0.3, 0.4) is 0 Å². The maximum Gasteiger partial charge on any atom is 0.252 e. The summed E-state index contributed by atoms with van der Waals surface area (Å²) in [5.41, 5.74) is 0.609. The van der Waals surface area contributed by atoms with Gasteiger partial charge >= 0.3 is 0 Å². The predicted octanol–water partition coefficient (Wildman–Crippen LogP) is 1.15. The van der Waals surface area contributed by atoms with E-state index in [0.29, 0.717) is 12.1 Å². The number of benzene rings is 1. The molecule has 72 valence electrons. The van der Waals surface area contributed by atoms with Crippen molar-refractivity contribution in [2.75, 3.05) is 13.1 Å². The molecule has 3 nitrogen and oxygen atoms in total. The fourth-order valence-corrected chi connectivity index (χ4v) is 1.36. The zero-order valence-electron chi connectivity index (χ0n) is 7.46. The maximum absolute atomic E-state index is 13.4. The molecule has 1 amide bonds. The molecule has 0 aromatic heterocycles. The molecule has 1 aromatic carbocycles. The highest BCUT2D eigenvalue weighted by Crippen LogP contribution is 2.12. The number of hydrogen-bond acceptors (Lipinski definition) is 2. The summed E-state index contributed by atoms with van der Waals surface area (Å²) in [6, 6.07) is 6.53. The van der Waals surface area contributed by atoms with E-state index in [1.165, 1.54) is 0 Å². The van der Waals surface area contributed by atoms with Crippen LogP contribution in [0.5, 0.6) is 0 Å². The minimum atomic E-state index is -0.560. The third-order valence-corrected chi connectivity index (χ3v) is 2.04. The van der Waals surface area contributed by atoms with E-state index in [4.69, 9.17) is 0 Å². The van der Waals surface area contributed by atoms with Crippen molar-refractivity contribution in [2.45, 2.75) is 0 Å². The normalized spacial score (nSPS) is 16.1. The highest BCUT2D eigenvalue weighted by Gasteiger charge is 2.16. The van der Waals surface area contributed by atoms with Crippen molar-refractivity contribution in [3.8, 4) is 0 Å². The third-order valence-electron chi connectivity index (χ3n) is 2.04. The quantitative estimate of drug-likeness (QED) is 0.658. The Balaban J connectivity index is 2.56. The number of nitrogens with zero attached hydrogens (tertiary/aromatic N) is 1. The molecule has 0 saturated heterocycles. The lowest BCUT2D eigenvalue weighted by molar-refractivity contribution is 0.0954. The van der Waals surface area contributed by atoms with Gasteiger partial charge in [0.15, 0.2) is 0 Å². The van der Waals surface area contributed by atoms with Crippen molar-refractivity contribution in [3.05, 3.63) is 35.4 Å². The summed E-state index contributed by atoms with van der Waals surface area (Å²) in [6.45, 7) is 0.659. The monoisotopic (exact) mass is 192 g/mol. The zero-order valence-corrected chi connectivity index (χ0v) is 7.46. The molecule has 14 heavy (non-hydrogen) atoms. The number of carbonyl (C=O) groups is 1. The summed E-state index contributed by atoms with van der Waals surface area (Å²) >= 11 is 0. The van der Waals surface area contributed by atoms with E-state index < -0.39 is 5.97 Å². The Bertz CT molecular complexity index is 401. The Labute approximate surface area is 80.7 Å². The number of amides is 1. The molecule has 1 aliphatic rings. The van der Waals surface area contributed by atoms with Gasteiger partial charge in [0.1, 0.15) is 0 Å². The first kappa shape index (κ1) is 8.87. The van der Waals surface area contributed by atoms with Gasteiger partial charge in [-0.1, -0.05) is 12.1 Å². The van der Waals surface area contributed by atoms with Crippen LogP contribution in [0.1, 0.15) is 15.9 Å². The number of fused-ring (bicyclic) bond motifs is 1. The van der Waals surface area contributed by atoms with Gasteiger partial charge in [-0.15, -0.1) is 0 Å². The number of rotatable bonds is 0. The molecule has 0 fully saturated rings. The first-order chi connectivity index (χ1) is 6.79. The van der Waals surface area contributed by atoms with E-state index in [1.54, 1.807) is 24.3 Å². The predicted molar refractivity (Wildman–Crippen MR) is 51.3 cm³/mol. The molecule has 2 rings (SSSR count). The Morgan fingerprint density at radius 3 is 2.79 bits per heavy atom. The number of nitrogens with one attached hydrogen (secondary N) is 1. The van der Waals surface area contributed by atoms with Crippen LogP contribution in [0, 0.1) is 0 Å². The van der Waals surface area contributed by atoms with Crippen molar-refractivity contribution in [1.29, 1.82) is 0 Å².